The van der Waals surface area contributed by atoms with Crippen LogP contribution >= 0.6 is 11.6 Å². The second-order valence-corrected chi connectivity index (χ2v) is 2.74. The largest absolute Gasteiger partial charge is 0.396 e. The van der Waals surface area contributed by atoms with E-state index in [1.54, 1.807) is 6.07 Å². The number of anilines is 1. The minimum atomic E-state index is -2.71. The number of nitriles is 1. The molecule has 2 nitrogen and oxygen atoms in total. The van der Waals surface area contributed by atoms with E-state index in [2.05, 4.69) is 0 Å². The summed E-state index contributed by atoms with van der Waals surface area (Å²) in [6.45, 7) is 0. The first kappa shape index (κ1) is 9.75. The standard InChI is InChI=1S/C8H5ClF2N2/c9-6-2-1-4(8(10)11)5(3-12)7(6)13/h1-2,8H,13H2. The van der Waals surface area contributed by atoms with Crippen LogP contribution in [0.4, 0.5) is 14.5 Å². The molecule has 0 aliphatic rings. The molecule has 0 atom stereocenters. The molecule has 2 N–H and O–H groups in total. The third-order valence-corrected chi connectivity index (χ3v) is 1.90. The molecule has 0 aromatic heterocycles. The van der Waals surface area contributed by atoms with Gasteiger partial charge in [-0.05, 0) is 6.07 Å². The maximum atomic E-state index is 12.3. The van der Waals surface area contributed by atoms with Crippen molar-refractivity contribution < 1.29 is 8.78 Å². The Kier molecular flexibility index (Phi) is 2.69. The molecule has 0 heterocycles. The fourth-order valence-electron chi connectivity index (χ4n) is 0.918. The Labute approximate surface area is 78.5 Å². The molecule has 0 aliphatic carbocycles. The summed E-state index contributed by atoms with van der Waals surface area (Å²) in [5.74, 6) is 0. The number of halogens is 3. The van der Waals surface area contributed by atoms with Crippen LogP contribution in [0.3, 0.4) is 0 Å². The average molecular weight is 203 g/mol. The number of benzene rings is 1. The molecule has 1 aromatic carbocycles. The van der Waals surface area contributed by atoms with E-state index in [0.717, 1.165) is 6.07 Å². The molecule has 0 saturated heterocycles. The number of alkyl halides is 2. The smallest absolute Gasteiger partial charge is 0.265 e. The highest BCUT2D eigenvalue weighted by Gasteiger charge is 2.16. The summed E-state index contributed by atoms with van der Waals surface area (Å²) in [5.41, 5.74) is 4.62. The van der Waals surface area contributed by atoms with Crippen LogP contribution in [-0.2, 0) is 0 Å². The molecule has 0 saturated carbocycles. The van der Waals surface area contributed by atoms with Crippen molar-refractivity contribution in [1.82, 2.24) is 0 Å². The van der Waals surface area contributed by atoms with E-state index < -0.39 is 6.43 Å². The van der Waals surface area contributed by atoms with Crippen LogP contribution in [0.2, 0.25) is 5.02 Å². The van der Waals surface area contributed by atoms with Gasteiger partial charge in [-0.3, -0.25) is 0 Å². The van der Waals surface area contributed by atoms with Gasteiger partial charge < -0.3 is 5.73 Å². The van der Waals surface area contributed by atoms with Crippen molar-refractivity contribution in [2.24, 2.45) is 0 Å². The summed E-state index contributed by atoms with van der Waals surface area (Å²) in [6.07, 6.45) is -2.71. The van der Waals surface area contributed by atoms with Crippen LogP contribution < -0.4 is 5.73 Å². The van der Waals surface area contributed by atoms with Gasteiger partial charge in [-0.25, -0.2) is 8.78 Å². The van der Waals surface area contributed by atoms with Gasteiger partial charge in [-0.15, -0.1) is 0 Å². The van der Waals surface area contributed by atoms with E-state index in [4.69, 9.17) is 22.6 Å². The molecule has 0 radical (unpaired) electrons. The van der Waals surface area contributed by atoms with Crippen LogP contribution in [0.15, 0.2) is 12.1 Å². The zero-order chi connectivity index (χ0) is 10.0. The maximum absolute atomic E-state index is 12.3. The van der Waals surface area contributed by atoms with Crippen molar-refractivity contribution in [3.63, 3.8) is 0 Å². The number of hydrogen-bond donors (Lipinski definition) is 1. The van der Waals surface area contributed by atoms with Crippen molar-refractivity contribution >= 4 is 17.3 Å². The predicted molar refractivity (Wildman–Crippen MR) is 45.5 cm³/mol. The summed E-state index contributed by atoms with van der Waals surface area (Å²) in [6, 6.07) is 3.94. The van der Waals surface area contributed by atoms with E-state index in [-0.39, 0.29) is 21.8 Å². The maximum Gasteiger partial charge on any atom is 0.265 e. The summed E-state index contributed by atoms with van der Waals surface area (Å²) in [4.78, 5) is 0. The fraction of sp³-hybridized carbons (Fsp3) is 0.125. The molecule has 5 heteroatoms. The van der Waals surface area contributed by atoms with Gasteiger partial charge in [0.25, 0.3) is 6.43 Å². The van der Waals surface area contributed by atoms with Crippen molar-refractivity contribution in [3.8, 4) is 6.07 Å². The third-order valence-electron chi connectivity index (χ3n) is 1.57. The van der Waals surface area contributed by atoms with Crippen LogP contribution in [0.25, 0.3) is 0 Å². The van der Waals surface area contributed by atoms with E-state index in [9.17, 15) is 8.78 Å². The van der Waals surface area contributed by atoms with Gasteiger partial charge in [-0.1, -0.05) is 17.7 Å². The molecule has 68 valence electrons. The molecule has 0 unspecified atom stereocenters. The van der Waals surface area contributed by atoms with Crippen molar-refractivity contribution in [2.45, 2.75) is 6.43 Å². The van der Waals surface area contributed by atoms with Gasteiger partial charge in [0.1, 0.15) is 6.07 Å². The van der Waals surface area contributed by atoms with Gasteiger partial charge in [0.15, 0.2) is 0 Å². The van der Waals surface area contributed by atoms with Crippen LogP contribution in [-0.4, -0.2) is 0 Å². The summed E-state index contributed by atoms with van der Waals surface area (Å²) in [7, 11) is 0. The van der Waals surface area contributed by atoms with Crippen LogP contribution in [0, 0.1) is 11.3 Å². The van der Waals surface area contributed by atoms with Crippen LogP contribution in [0.1, 0.15) is 17.6 Å². The average Bonchev–Trinajstić information content (AvgIpc) is 2.09. The fourth-order valence-corrected chi connectivity index (χ4v) is 1.08. The molecular weight excluding hydrogens is 198 g/mol. The SMILES string of the molecule is N#Cc1c(C(F)F)ccc(Cl)c1N. The quantitative estimate of drug-likeness (QED) is 0.712. The molecule has 1 aromatic rings. The zero-order valence-electron chi connectivity index (χ0n) is 6.39. The van der Waals surface area contributed by atoms with Gasteiger partial charge in [-0.2, -0.15) is 5.26 Å². The highest BCUT2D eigenvalue weighted by Crippen LogP contribution is 2.30. The second-order valence-electron chi connectivity index (χ2n) is 2.34. The summed E-state index contributed by atoms with van der Waals surface area (Å²) >= 11 is 5.55. The molecule has 1 rings (SSSR count). The van der Waals surface area contributed by atoms with Gasteiger partial charge in [0.05, 0.1) is 16.3 Å². The number of nitrogen functional groups attached to an aromatic ring is 1. The minimum Gasteiger partial charge on any atom is -0.396 e. The summed E-state index contributed by atoms with van der Waals surface area (Å²) in [5, 5.41) is 8.66. The molecule has 0 bridgehead atoms. The number of rotatable bonds is 1. The lowest BCUT2D eigenvalue weighted by atomic mass is 10.1. The predicted octanol–water partition coefficient (Wildman–Crippen LogP) is 2.73. The Morgan fingerprint density at radius 3 is 2.54 bits per heavy atom. The molecule has 0 aliphatic heterocycles. The lowest BCUT2D eigenvalue weighted by Gasteiger charge is -2.06. The Balaban J connectivity index is 3.41. The van der Waals surface area contributed by atoms with Gasteiger partial charge in [0, 0.05) is 5.56 Å². The van der Waals surface area contributed by atoms with Gasteiger partial charge in [0.2, 0.25) is 0 Å². The molecule has 0 amide bonds. The van der Waals surface area contributed by atoms with Crippen molar-refractivity contribution in [3.05, 3.63) is 28.3 Å². The second kappa shape index (κ2) is 3.58. The van der Waals surface area contributed by atoms with E-state index in [0.29, 0.717) is 0 Å². The Bertz CT molecular complexity index is 371. The first-order valence-corrected chi connectivity index (χ1v) is 3.72. The number of hydrogen-bond acceptors (Lipinski definition) is 2. The first-order chi connectivity index (χ1) is 6.07. The topological polar surface area (TPSA) is 49.8 Å². The van der Waals surface area contributed by atoms with Crippen LogP contribution in [0.5, 0.6) is 0 Å². The zero-order valence-corrected chi connectivity index (χ0v) is 7.15. The van der Waals surface area contributed by atoms with Gasteiger partial charge >= 0.3 is 0 Å². The highest BCUT2D eigenvalue weighted by atomic mass is 35.5. The molecule has 0 fully saturated rings. The Hall–Kier alpha value is -1.34. The minimum absolute atomic E-state index is 0.0954. The lowest BCUT2D eigenvalue weighted by Crippen LogP contribution is -1.97. The Morgan fingerprint density at radius 2 is 2.08 bits per heavy atom. The molecular formula is C8H5ClF2N2. The third kappa shape index (κ3) is 1.70. The molecule has 13 heavy (non-hydrogen) atoms. The number of nitrogens with zero attached hydrogens (tertiary/aromatic N) is 1. The Morgan fingerprint density at radius 1 is 1.46 bits per heavy atom. The van der Waals surface area contributed by atoms with Crippen molar-refractivity contribution in [2.75, 3.05) is 5.73 Å². The van der Waals surface area contributed by atoms with E-state index in [1.807, 2.05) is 0 Å². The monoisotopic (exact) mass is 202 g/mol. The normalized spacial score (nSPS) is 10.1. The van der Waals surface area contributed by atoms with Crippen molar-refractivity contribution in [1.29, 1.82) is 5.26 Å². The van der Waals surface area contributed by atoms with E-state index >= 15 is 0 Å². The summed E-state index contributed by atoms with van der Waals surface area (Å²) < 4.78 is 24.6. The van der Waals surface area contributed by atoms with E-state index in [1.165, 1.54) is 6.07 Å². The molecule has 0 spiro atoms. The number of nitrogens with two attached hydrogens (primary N) is 1. The highest BCUT2D eigenvalue weighted by molar-refractivity contribution is 6.33. The lowest BCUT2D eigenvalue weighted by molar-refractivity contribution is 0.151. The first-order valence-electron chi connectivity index (χ1n) is 3.34.